The van der Waals surface area contributed by atoms with Crippen molar-refractivity contribution < 1.29 is 61.9 Å². The number of benzene rings is 5. The molecular weight excluding hydrogens is 815 g/mol. The molecule has 63 heavy (non-hydrogen) atoms. The topological polar surface area (TPSA) is 177 Å². The minimum Gasteiger partial charge on any atom is -0.452 e. The number of hydrogen-bond acceptors (Lipinski definition) is 14. The lowest BCUT2D eigenvalue weighted by molar-refractivity contribution is -0.501. The van der Waals surface area contributed by atoms with Crippen LogP contribution in [-0.2, 0) is 55.8 Å². The van der Waals surface area contributed by atoms with Gasteiger partial charge in [0.25, 0.3) is 0 Å². The summed E-state index contributed by atoms with van der Waals surface area (Å²) in [5.74, 6) is -3.44. The second-order valence-electron chi connectivity index (χ2n) is 14.8. The highest BCUT2D eigenvalue weighted by Gasteiger charge is 2.54. The molecule has 0 amide bonds. The number of esters is 3. The van der Waals surface area contributed by atoms with Crippen LogP contribution in [-0.4, -0.2) is 98.9 Å². The first-order valence-electron chi connectivity index (χ1n) is 20.4. The smallest absolute Gasteiger partial charge is 0.338 e. The maximum atomic E-state index is 13.8. The third-order valence-corrected chi connectivity index (χ3v) is 10.5. The number of carbonyl (C=O) groups excluding carboxylic acids is 3. The van der Waals surface area contributed by atoms with Crippen molar-refractivity contribution in [3.8, 4) is 0 Å². The van der Waals surface area contributed by atoms with Crippen LogP contribution in [0, 0.1) is 16.0 Å². The van der Waals surface area contributed by atoms with Gasteiger partial charge in [0.2, 0.25) is 6.54 Å². The standard InChI is InChI=1S/C48H47NO14/c1-55-48-43(63-46(52)36-25-15-6-16-26-36)42(62-45(51)35-23-13-5-14-24-35)41(61-44(50)34-21-11-4-12-22-34)39(60-48)31-59-47-37(27-49(53)54)40(57-29-33-19-9-3-10-20-33)38(30-58-47)56-28-32-17-7-2-8-18-32/h2-26,37-43,47-48H,27-31H2,1H3/t37-,38-,39-,40-,41-,42+,43-,47-,48+/m1/s1. The van der Waals surface area contributed by atoms with Gasteiger partial charge in [-0.15, -0.1) is 0 Å². The molecule has 0 aromatic heterocycles. The van der Waals surface area contributed by atoms with E-state index in [4.69, 9.17) is 42.6 Å². The predicted molar refractivity (Wildman–Crippen MR) is 224 cm³/mol. The first-order valence-corrected chi connectivity index (χ1v) is 20.4. The van der Waals surface area contributed by atoms with Crippen molar-refractivity contribution in [3.63, 3.8) is 0 Å². The first kappa shape index (κ1) is 44.7. The molecule has 5 aromatic carbocycles. The minimum atomic E-state index is -1.54. The Morgan fingerprint density at radius 3 is 1.49 bits per heavy atom. The Kier molecular flexibility index (Phi) is 15.7. The van der Waals surface area contributed by atoms with Gasteiger partial charge in [0.05, 0.1) is 43.1 Å². The van der Waals surface area contributed by atoms with E-state index in [2.05, 4.69) is 0 Å². The normalized spacial score (nSPS) is 24.4. The van der Waals surface area contributed by atoms with Gasteiger partial charge in [-0.25, -0.2) is 14.4 Å². The number of nitro groups is 1. The molecule has 2 heterocycles. The summed E-state index contributed by atoms with van der Waals surface area (Å²) in [6, 6.07) is 43.1. The van der Waals surface area contributed by atoms with Crippen molar-refractivity contribution in [2.45, 2.75) is 62.4 Å². The lowest BCUT2D eigenvalue weighted by Gasteiger charge is -2.45. The van der Waals surface area contributed by atoms with Crippen LogP contribution in [0.3, 0.4) is 0 Å². The largest absolute Gasteiger partial charge is 0.452 e. The van der Waals surface area contributed by atoms with Crippen molar-refractivity contribution in [2.24, 2.45) is 5.92 Å². The number of ether oxygens (including phenoxy) is 9. The van der Waals surface area contributed by atoms with Crippen LogP contribution in [0.2, 0.25) is 0 Å². The molecule has 0 bridgehead atoms. The molecule has 2 aliphatic rings. The molecule has 0 N–H and O–H groups in total. The predicted octanol–water partition coefficient (Wildman–Crippen LogP) is 6.47. The zero-order valence-electron chi connectivity index (χ0n) is 34.3. The fourth-order valence-electron chi connectivity index (χ4n) is 7.38. The average molecular weight is 862 g/mol. The molecule has 0 unspecified atom stereocenters. The average Bonchev–Trinajstić information content (AvgIpc) is 3.32. The SMILES string of the molecule is CO[C@H]1O[C@H](CO[C@H]2OC[C@@H](OCc3ccccc3)[C@H](OCc3ccccc3)[C@H]2C[N+](=O)[O-])[C@@H](OC(=O)c2ccccc2)[C@H](OC(=O)c2ccccc2)[C@H]1OC(=O)c1ccccc1. The van der Waals surface area contributed by atoms with Crippen LogP contribution in [0.1, 0.15) is 42.2 Å². The highest BCUT2D eigenvalue weighted by molar-refractivity contribution is 5.91. The van der Waals surface area contributed by atoms with E-state index in [1.807, 2.05) is 60.7 Å². The summed E-state index contributed by atoms with van der Waals surface area (Å²) >= 11 is 0. The van der Waals surface area contributed by atoms with E-state index in [0.29, 0.717) is 0 Å². The molecule has 0 spiro atoms. The third-order valence-electron chi connectivity index (χ3n) is 10.5. The van der Waals surface area contributed by atoms with Crippen molar-refractivity contribution >= 4 is 17.9 Å². The van der Waals surface area contributed by atoms with E-state index >= 15 is 0 Å². The number of methoxy groups -OCH3 is 1. The molecule has 15 nitrogen and oxygen atoms in total. The molecule has 9 atom stereocenters. The summed E-state index contributed by atoms with van der Waals surface area (Å²) < 4.78 is 55.6. The third kappa shape index (κ3) is 12.0. The molecule has 7 rings (SSSR count). The highest BCUT2D eigenvalue weighted by Crippen LogP contribution is 2.34. The first-order chi connectivity index (χ1) is 30.8. The van der Waals surface area contributed by atoms with Crippen molar-refractivity contribution in [1.82, 2.24) is 0 Å². The van der Waals surface area contributed by atoms with Gasteiger partial charge in [0, 0.05) is 12.0 Å². The maximum absolute atomic E-state index is 13.8. The van der Waals surface area contributed by atoms with Gasteiger partial charge in [0.1, 0.15) is 24.2 Å². The van der Waals surface area contributed by atoms with Gasteiger partial charge in [0.15, 0.2) is 30.9 Å². The molecule has 2 aliphatic heterocycles. The molecule has 5 aromatic rings. The Hall–Kier alpha value is -6.33. The van der Waals surface area contributed by atoms with Gasteiger partial charge in [-0.05, 0) is 47.5 Å². The zero-order chi connectivity index (χ0) is 44.0. The van der Waals surface area contributed by atoms with Crippen LogP contribution in [0.5, 0.6) is 0 Å². The second-order valence-corrected chi connectivity index (χ2v) is 14.8. The molecule has 0 aliphatic carbocycles. The quantitative estimate of drug-likeness (QED) is 0.0405. The lowest BCUT2D eigenvalue weighted by Crippen LogP contribution is -2.63. The van der Waals surface area contributed by atoms with Crippen molar-refractivity contribution in [3.05, 3.63) is 190 Å². The van der Waals surface area contributed by atoms with E-state index in [0.717, 1.165) is 11.1 Å². The molecule has 2 saturated heterocycles. The Balaban J connectivity index is 1.19. The van der Waals surface area contributed by atoms with E-state index < -0.39 is 91.1 Å². The fraction of sp³-hybridized carbons (Fsp3) is 0.312. The summed E-state index contributed by atoms with van der Waals surface area (Å²) in [7, 11) is 1.31. The van der Waals surface area contributed by atoms with Gasteiger partial charge < -0.3 is 42.6 Å². The van der Waals surface area contributed by atoms with Gasteiger partial charge >= 0.3 is 17.9 Å². The number of hydrogen-bond donors (Lipinski definition) is 0. The maximum Gasteiger partial charge on any atom is 0.338 e. The molecule has 15 heteroatoms. The molecule has 0 saturated carbocycles. The summed E-state index contributed by atoms with van der Waals surface area (Å²) in [5.41, 5.74) is 2.24. The molecule has 328 valence electrons. The number of nitrogens with zero attached hydrogens (tertiary/aromatic N) is 1. The summed E-state index contributed by atoms with van der Waals surface area (Å²) in [5, 5.41) is 12.3. The summed E-state index contributed by atoms with van der Waals surface area (Å²) in [6.07, 6.45) is -10.1. The Bertz CT molecular complexity index is 2220. The minimum absolute atomic E-state index is 0.0569. The van der Waals surface area contributed by atoms with E-state index in [1.54, 1.807) is 66.7 Å². The summed E-state index contributed by atoms with van der Waals surface area (Å²) in [4.78, 5) is 53.1. The van der Waals surface area contributed by atoms with Gasteiger partial charge in [-0.3, -0.25) is 10.1 Å². The Labute approximate surface area is 363 Å². The van der Waals surface area contributed by atoms with Crippen LogP contribution in [0.15, 0.2) is 152 Å². The van der Waals surface area contributed by atoms with E-state index in [9.17, 15) is 24.5 Å². The highest BCUT2D eigenvalue weighted by atomic mass is 16.7. The van der Waals surface area contributed by atoms with E-state index in [-0.39, 0.29) is 36.5 Å². The molecular formula is C48H47NO14. The van der Waals surface area contributed by atoms with Crippen LogP contribution >= 0.6 is 0 Å². The zero-order valence-corrected chi connectivity index (χ0v) is 34.3. The van der Waals surface area contributed by atoms with Crippen LogP contribution < -0.4 is 0 Å². The summed E-state index contributed by atoms with van der Waals surface area (Å²) in [6.45, 7) is -0.806. The fourth-order valence-corrected chi connectivity index (χ4v) is 7.38. The van der Waals surface area contributed by atoms with Crippen LogP contribution in [0.4, 0.5) is 0 Å². The van der Waals surface area contributed by atoms with Crippen molar-refractivity contribution in [2.75, 3.05) is 26.9 Å². The van der Waals surface area contributed by atoms with Crippen molar-refractivity contribution in [1.29, 1.82) is 0 Å². The van der Waals surface area contributed by atoms with Gasteiger partial charge in [-0.1, -0.05) is 115 Å². The Morgan fingerprint density at radius 1 is 0.571 bits per heavy atom. The monoisotopic (exact) mass is 861 g/mol. The molecule has 2 fully saturated rings. The molecule has 0 radical (unpaired) electrons. The number of rotatable bonds is 18. The van der Waals surface area contributed by atoms with Gasteiger partial charge in [-0.2, -0.15) is 0 Å². The second kappa shape index (κ2) is 22.2. The lowest BCUT2D eigenvalue weighted by atomic mass is 9.93. The van der Waals surface area contributed by atoms with Crippen LogP contribution in [0.25, 0.3) is 0 Å². The number of carbonyl (C=O) groups is 3. The Morgan fingerprint density at radius 2 is 1.02 bits per heavy atom. The van der Waals surface area contributed by atoms with E-state index in [1.165, 1.54) is 31.4 Å².